The zero-order valence-electron chi connectivity index (χ0n) is 15.5. The Kier molecular flexibility index (Phi) is 6.73. The average molecular weight is 394 g/mol. The molecule has 0 aromatic heterocycles. The maximum absolute atomic E-state index is 5.98. The van der Waals surface area contributed by atoms with Crippen molar-refractivity contribution >= 4 is 28.8 Å². The van der Waals surface area contributed by atoms with Crippen molar-refractivity contribution in [3.05, 3.63) is 52.5 Å². The molecule has 2 N–H and O–H groups in total. The molecule has 0 saturated heterocycles. The molecular formula is C20H24ClNO3S. The lowest BCUT2D eigenvalue weighted by atomic mass is 9.86. The lowest BCUT2D eigenvalue weighted by molar-refractivity contribution is 0.214. The second-order valence-corrected chi connectivity index (χ2v) is 7.69. The maximum Gasteiger partial charge on any atom is 0.129 e. The van der Waals surface area contributed by atoms with Gasteiger partial charge >= 0.3 is 0 Å². The summed E-state index contributed by atoms with van der Waals surface area (Å²) in [5.41, 5.74) is 7.35. The summed E-state index contributed by atoms with van der Waals surface area (Å²) in [4.78, 5) is 0.244. The fourth-order valence-corrected chi connectivity index (χ4v) is 2.80. The minimum Gasteiger partial charge on any atom is -0.497 e. The Hall–Kier alpha value is -1.98. The molecule has 0 aliphatic rings. The minimum atomic E-state index is -0.0696. The third-order valence-corrected chi connectivity index (χ3v) is 4.26. The molecule has 0 fully saturated rings. The van der Waals surface area contributed by atoms with E-state index < -0.39 is 0 Å². The molecule has 0 saturated carbocycles. The van der Waals surface area contributed by atoms with Crippen molar-refractivity contribution in [2.75, 3.05) is 20.3 Å². The van der Waals surface area contributed by atoms with Gasteiger partial charge in [-0.3, -0.25) is 0 Å². The van der Waals surface area contributed by atoms with E-state index in [1.807, 2.05) is 18.2 Å². The Bertz CT molecular complexity index is 787. The highest BCUT2D eigenvalue weighted by atomic mass is 35.5. The summed E-state index contributed by atoms with van der Waals surface area (Å²) < 4.78 is 17.0. The number of thiocarbonyl (C=S) groups is 1. The van der Waals surface area contributed by atoms with Gasteiger partial charge in [0, 0.05) is 10.6 Å². The molecular weight excluding hydrogens is 370 g/mol. The first-order valence-electron chi connectivity index (χ1n) is 8.26. The lowest BCUT2D eigenvalue weighted by Crippen LogP contribution is -2.17. The van der Waals surface area contributed by atoms with Crippen LogP contribution in [0.1, 0.15) is 31.9 Å². The van der Waals surface area contributed by atoms with Crippen LogP contribution in [0.4, 0.5) is 0 Å². The number of nitrogens with two attached hydrogens (primary N) is 1. The predicted molar refractivity (Wildman–Crippen MR) is 110 cm³/mol. The van der Waals surface area contributed by atoms with Crippen LogP contribution in [0.15, 0.2) is 36.4 Å². The van der Waals surface area contributed by atoms with Gasteiger partial charge in [-0.2, -0.15) is 0 Å². The van der Waals surface area contributed by atoms with E-state index in [0.717, 1.165) is 17.1 Å². The first-order valence-corrected chi connectivity index (χ1v) is 9.04. The molecule has 26 heavy (non-hydrogen) atoms. The van der Waals surface area contributed by atoms with Crippen LogP contribution in [0.2, 0.25) is 5.02 Å². The topological polar surface area (TPSA) is 53.7 Å². The summed E-state index contributed by atoms with van der Waals surface area (Å²) >= 11 is 11.0. The number of ether oxygens (including phenoxy) is 3. The van der Waals surface area contributed by atoms with Gasteiger partial charge in [0.2, 0.25) is 0 Å². The van der Waals surface area contributed by atoms with Gasteiger partial charge < -0.3 is 19.9 Å². The van der Waals surface area contributed by atoms with Crippen molar-refractivity contribution in [1.29, 1.82) is 0 Å². The third kappa shape index (κ3) is 5.26. The van der Waals surface area contributed by atoms with Crippen molar-refractivity contribution < 1.29 is 14.2 Å². The molecule has 4 nitrogen and oxygen atoms in total. The number of halogens is 1. The largest absolute Gasteiger partial charge is 0.497 e. The lowest BCUT2D eigenvalue weighted by Gasteiger charge is -2.23. The van der Waals surface area contributed by atoms with Gasteiger partial charge in [0.05, 0.1) is 12.7 Å². The molecule has 140 valence electrons. The zero-order valence-corrected chi connectivity index (χ0v) is 17.0. The maximum atomic E-state index is 5.98. The summed E-state index contributed by atoms with van der Waals surface area (Å²) in [6, 6.07) is 11.0. The smallest absolute Gasteiger partial charge is 0.129 e. The molecule has 2 aromatic carbocycles. The van der Waals surface area contributed by atoms with Gasteiger partial charge in [0.15, 0.2) is 0 Å². The van der Waals surface area contributed by atoms with E-state index in [9.17, 15) is 0 Å². The average Bonchev–Trinajstić information content (AvgIpc) is 2.58. The Morgan fingerprint density at radius 2 is 1.65 bits per heavy atom. The van der Waals surface area contributed by atoms with Crippen molar-refractivity contribution in [3.8, 4) is 17.2 Å². The van der Waals surface area contributed by atoms with Crippen LogP contribution in [0, 0.1) is 0 Å². The quantitative estimate of drug-likeness (QED) is 0.544. The summed E-state index contributed by atoms with van der Waals surface area (Å²) in [7, 11) is 1.65. The molecule has 0 heterocycles. The van der Waals surface area contributed by atoms with Crippen molar-refractivity contribution in [2.45, 2.75) is 26.2 Å². The van der Waals surface area contributed by atoms with E-state index in [-0.39, 0.29) is 10.4 Å². The van der Waals surface area contributed by atoms with Gasteiger partial charge in [-0.25, -0.2) is 0 Å². The highest BCUT2D eigenvalue weighted by Gasteiger charge is 2.20. The monoisotopic (exact) mass is 393 g/mol. The van der Waals surface area contributed by atoms with Gasteiger partial charge in [-0.1, -0.05) is 44.6 Å². The third-order valence-electron chi connectivity index (χ3n) is 3.80. The normalized spacial score (nSPS) is 11.1. The fourth-order valence-electron chi connectivity index (χ4n) is 2.47. The Balaban J connectivity index is 2.04. The molecule has 0 bridgehead atoms. The van der Waals surface area contributed by atoms with Crippen molar-refractivity contribution in [1.82, 2.24) is 0 Å². The van der Waals surface area contributed by atoms with E-state index in [4.69, 9.17) is 43.8 Å². The summed E-state index contributed by atoms with van der Waals surface area (Å²) in [6.07, 6.45) is 0. The number of hydrogen-bond acceptors (Lipinski definition) is 4. The zero-order chi connectivity index (χ0) is 19.3. The molecule has 2 aromatic rings. The molecule has 0 unspecified atom stereocenters. The summed E-state index contributed by atoms with van der Waals surface area (Å²) in [5, 5.41) is 0.560. The van der Waals surface area contributed by atoms with Crippen molar-refractivity contribution in [2.24, 2.45) is 5.73 Å². The van der Waals surface area contributed by atoms with E-state index in [2.05, 4.69) is 20.8 Å². The second-order valence-electron chi connectivity index (χ2n) is 6.81. The van der Waals surface area contributed by atoms with Crippen LogP contribution in [-0.2, 0) is 5.41 Å². The Morgan fingerprint density at radius 1 is 1.04 bits per heavy atom. The van der Waals surface area contributed by atoms with Crippen LogP contribution >= 0.6 is 23.8 Å². The standard InChI is InChI=1S/C20H24ClNO3S/c1-20(2,3)16-12-14(23-4)6-8-18(16)25-10-9-24-17-7-5-13(21)11-15(17)19(22)26/h5-8,11-12H,9-10H2,1-4H3,(H2,22,26). The molecule has 0 aliphatic carbocycles. The number of hydrogen-bond donors (Lipinski definition) is 1. The number of methoxy groups -OCH3 is 1. The molecule has 6 heteroatoms. The van der Waals surface area contributed by atoms with Gasteiger partial charge in [0.1, 0.15) is 35.5 Å². The molecule has 0 aliphatic heterocycles. The van der Waals surface area contributed by atoms with E-state index in [0.29, 0.717) is 29.5 Å². The highest BCUT2D eigenvalue weighted by Crippen LogP contribution is 2.34. The highest BCUT2D eigenvalue weighted by molar-refractivity contribution is 7.80. The van der Waals surface area contributed by atoms with E-state index >= 15 is 0 Å². The van der Waals surface area contributed by atoms with Crippen LogP contribution in [-0.4, -0.2) is 25.3 Å². The van der Waals surface area contributed by atoms with Crippen molar-refractivity contribution in [3.63, 3.8) is 0 Å². The molecule has 0 atom stereocenters. The molecule has 0 amide bonds. The Labute approximate surface area is 165 Å². The van der Waals surface area contributed by atoms with E-state index in [1.165, 1.54) is 0 Å². The molecule has 0 spiro atoms. The predicted octanol–water partition coefficient (Wildman–Crippen LogP) is 4.74. The minimum absolute atomic E-state index is 0.0696. The van der Waals surface area contributed by atoms with Crippen LogP contribution < -0.4 is 19.9 Å². The second kappa shape index (κ2) is 8.60. The first kappa shape index (κ1) is 20.3. The summed E-state index contributed by atoms with van der Waals surface area (Å²) in [5.74, 6) is 2.21. The van der Waals surface area contributed by atoms with Crippen LogP contribution in [0.5, 0.6) is 17.2 Å². The van der Waals surface area contributed by atoms with Crippen LogP contribution in [0.3, 0.4) is 0 Å². The Morgan fingerprint density at radius 3 is 2.23 bits per heavy atom. The SMILES string of the molecule is COc1ccc(OCCOc2ccc(Cl)cc2C(N)=S)c(C(C)(C)C)c1. The first-order chi connectivity index (χ1) is 12.2. The van der Waals surface area contributed by atoms with Gasteiger partial charge in [-0.15, -0.1) is 0 Å². The fraction of sp³-hybridized carbons (Fsp3) is 0.350. The number of rotatable bonds is 7. The van der Waals surface area contributed by atoms with Crippen LogP contribution in [0.25, 0.3) is 0 Å². The molecule has 2 rings (SSSR count). The van der Waals surface area contributed by atoms with Gasteiger partial charge in [0.25, 0.3) is 0 Å². The van der Waals surface area contributed by atoms with Gasteiger partial charge in [-0.05, 0) is 41.8 Å². The van der Waals surface area contributed by atoms with E-state index in [1.54, 1.807) is 25.3 Å². The molecule has 0 radical (unpaired) electrons. The number of benzene rings is 2. The summed E-state index contributed by atoms with van der Waals surface area (Å²) in [6.45, 7) is 7.13.